The van der Waals surface area contributed by atoms with Crippen LogP contribution < -0.4 is 5.32 Å². The Kier molecular flexibility index (Phi) is 10.4. The van der Waals surface area contributed by atoms with Gasteiger partial charge in [-0.15, -0.1) is 24.0 Å². The molecule has 1 aromatic rings. The molecule has 0 aromatic heterocycles. The number of rotatable bonds is 6. The van der Waals surface area contributed by atoms with Gasteiger partial charge in [0.15, 0.2) is 5.96 Å². The normalized spacial score (nSPS) is 19.6. The minimum absolute atomic E-state index is 0. The van der Waals surface area contributed by atoms with Gasteiger partial charge >= 0.3 is 0 Å². The summed E-state index contributed by atoms with van der Waals surface area (Å²) in [5, 5.41) is 3.34. The topological polar surface area (TPSA) is 40.1 Å². The fourth-order valence-corrected chi connectivity index (χ4v) is 3.13. The van der Waals surface area contributed by atoms with Crippen LogP contribution in [0.2, 0.25) is 0 Å². The Morgan fingerprint density at radius 2 is 2.12 bits per heavy atom. The highest BCUT2D eigenvalue weighted by atomic mass is 127. The number of morpholine rings is 1. The molecule has 1 aliphatic rings. The van der Waals surface area contributed by atoms with Crippen LogP contribution in [0.3, 0.4) is 0 Å². The molecule has 1 heterocycles. The van der Waals surface area contributed by atoms with Gasteiger partial charge in [-0.25, -0.2) is 4.39 Å². The van der Waals surface area contributed by atoms with Crippen LogP contribution in [0.1, 0.15) is 26.3 Å². The molecule has 1 aromatic carbocycles. The molecule has 0 amide bonds. The standard InChI is InChI=1S/C19H31FN4O.HI/c1-5-21-19(23(4)13-17-6-8-18(20)9-7-17)22-12-15(2)24-10-11-25-14-16(24)3;/h6-9,15-16H,5,10-14H2,1-4H3,(H,21,22);1H. The molecule has 2 atom stereocenters. The number of aliphatic imine (C=N–C) groups is 1. The summed E-state index contributed by atoms with van der Waals surface area (Å²) in [6, 6.07) is 7.41. The zero-order valence-corrected chi connectivity index (χ0v) is 18.6. The molecule has 1 aliphatic heterocycles. The van der Waals surface area contributed by atoms with Crippen molar-refractivity contribution in [1.29, 1.82) is 0 Å². The Bertz CT molecular complexity index is 555. The van der Waals surface area contributed by atoms with E-state index in [1.807, 2.05) is 19.2 Å². The predicted octanol–water partition coefficient (Wildman–Crippen LogP) is 2.95. The Balaban J connectivity index is 0.00000338. The molecular weight excluding hydrogens is 446 g/mol. The molecule has 0 saturated carbocycles. The first-order valence-electron chi connectivity index (χ1n) is 9.08. The molecule has 0 bridgehead atoms. The zero-order chi connectivity index (χ0) is 18.2. The van der Waals surface area contributed by atoms with Crippen LogP contribution in [0, 0.1) is 5.82 Å². The number of hydrogen-bond acceptors (Lipinski definition) is 3. The second-order valence-corrected chi connectivity index (χ2v) is 6.69. The second kappa shape index (κ2) is 11.7. The summed E-state index contributed by atoms with van der Waals surface area (Å²) in [7, 11) is 2.01. The van der Waals surface area contributed by atoms with E-state index in [1.165, 1.54) is 12.1 Å². The van der Waals surface area contributed by atoms with Crippen molar-refractivity contribution in [2.24, 2.45) is 4.99 Å². The van der Waals surface area contributed by atoms with Gasteiger partial charge in [-0.2, -0.15) is 0 Å². The number of halogens is 2. The number of hydrogen-bond donors (Lipinski definition) is 1. The van der Waals surface area contributed by atoms with Gasteiger partial charge in [-0.05, 0) is 38.5 Å². The molecule has 26 heavy (non-hydrogen) atoms. The molecule has 1 fully saturated rings. The fraction of sp³-hybridized carbons (Fsp3) is 0.632. The van der Waals surface area contributed by atoms with Gasteiger partial charge in [0.25, 0.3) is 0 Å². The summed E-state index contributed by atoms with van der Waals surface area (Å²) in [4.78, 5) is 9.34. The third-order valence-electron chi connectivity index (χ3n) is 4.52. The van der Waals surface area contributed by atoms with Crippen molar-refractivity contribution in [3.63, 3.8) is 0 Å². The highest BCUT2D eigenvalue weighted by Crippen LogP contribution is 2.11. The molecule has 0 spiro atoms. The van der Waals surface area contributed by atoms with Gasteiger partial charge in [0, 0.05) is 38.8 Å². The summed E-state index contributed by atoms with van der Waals surface area (Å²) < 4.78 is 18.6. The lowest BCUT2D eigenvalue weighted by atomic mass is 10.2. The average Bonchev–Trinajstić information content (AvgIpc) is 2.60. The van der Waals surface area contributed by atoms with Gasteiger partial charge in [-0.1, -0.05) is 12.1 Å². The van der Waals surface area contributed by atoms with Gasteiger partial charge in [-0.3, -0.25) is 9.89 Å². The molecule has 0 radical (unpaired) electrons. The van der Waals surface area contributed by atoms with Crippen LogP contribution in [0.15, 0.2) is 29.3 Å². The van der Waals surface area contributed by atoms with E-state index in [9.17, 15) is 4.39 Å². The Labute approximate surface area is 174 Å². The minimum Gasteiger partial charge on any atom is -0.379 e. The molecule has 148 valence electrons. The van der Waals surface area contributed by atoms with Crippen molar-refractivity contribution in [2.45, 2.75) is 39.4 Å². The summed E-state index contributed by atoms with van der Waals surface area (Å²) in [5.41, 5.74) is 1.06. The van der Waals surface area contributed by atoms with Crippen LogP contribution in [0.5, 0.6) is 0 Å². The average molecular weight is 478 g/mol. The Morgan fingerprint density at radius 3 is 2.73 bits per heavy atom. The summed E-state index contributed by atoms with van der Waals surface area (Å²) in [6.07, 6.45) is 0. The molecule has 5 nitrogen and oxygen atoms in total. The molecule has 1 N–H and O–H groups in total. The van der Waals surface area contributed by atoms with E-state index < -0.39 is 0 Å². The number of ether oxygens (including phenoxy) is 1. The van der Waals surface area contributed by atoms with Crippen molar-refractivity contribution < 1.29 is 9.13 Å². The van der Waals surface area contributed by atoms with E-state index in [1.54, 1.807) is 0 Å². The number of guanidine groups is 1. The molecule has 2 rings (SSSR count). The maximum Gasteiger partial charge on any atom is 0.194 e. The summed E-state index contributed by atoms with van der Waals surface area (Å²) in [5.74, 6) is 0.667. The first kappa shape index (κ1) is 23.1. The number of nitrogens with zero attached hydrogens (tertiary/aromatic N) is 3. The van der Waals surface area contributed by atoms with E-state index in [-0.39, 0.29) is 29.8 Å². The van der Waals surface area contributed by atoms with E-state index >= 15 is 0 Å². The largest absolute Gasteiger partial charge is 0.379 e. The van der Waals surface area contributed by atoms with E-state index in [0.29, 0.717) is 18.6 Å². The van der Waals surface area contributed by atoms with Crippen LogP contribution in [-0.2, 0) is 11.3 Å². The lowest BCUT2D eigenvalue weighted by Crippen LogP contribution is -2.49. The van der Waals surface area contributed by atoms with E-state index in [2.05, 4.69) is 35.9 Å². The number of nitrogens with one attached hydrogen (secondary N) is 1. The Morgan fingerprint density at radius 1 is 1.42 bits per heavy atom. The first-order chi connectivity index (χ1) is 12.0. The molecular formula is C19H32FIN4O. The van der Waals surface area contributed by atoms with Crippen LogP contribution >= 0.6 is 24.0 Å². The SMILES string of the molecule is CCNC(=NCC(C)N1CCOCC1C)N(C)Cc1ccc(F)cc1.I. The highest BCUT2D eigenvalue weighted by molar-refractivity contribution is 14.0. The first-order valence-corrected chi connectivity index (χ1v) is 9.08. The maximum atomic E-state index is 13.1. The smallest absolute Gasteiger partial charge is 0.194 e. The third kappa shape index (κ3) is 7.00. The van der Waals surface area contributed by atoms with Crippen LogP contribution in [-0.4, -0.2) is 67.7 Å². The van der Waals surface area contributed by atoms with Gasteiger partial charge in [0.2, 0.25) is 0 Å². The van der Waals surface area contributed by atoms with Gasteiger partial charge < -0.3 is 15.0 Å². The monoisotopic (exact) mass is 478 g/mol. The number of benzene rings is 1. The van der Waals surface area contributed by atoms with Crippen molar-refractivity contribution in [3.05, 3.63) is 35.6 Å². The maximum absolute atomic E-state index is 13.1. The van der Waals surface area contributed by atoms with Crippen LogP contribution in [0.25, 0.3) is 0 Å². The van der Waals surface area contributed by atoms with Crippen LogP contribution in [0.4, 0.5) is 4.39 Å². The third-order valence-corrected chi connectivity index (χ3v) is 4.52. The predicted molar refractivity (Wildman–Crippen MR) is 116 cm³/mol. The molecule has 2 unspecified atom stereocenters. The summed E-state index contributed by atoms with van der Waals surface area (Å²) in [6.45, 7) is 11.3. The minimum atomic E-state index is -0.208. The van der Waals surface area contributed by atoms with E-state index in [0.717, 1.165) is 44.4 Å². The second-order valence-electron chi connectivity index (χ2n) is 6.69. The molecule has 0 aliphatic carbocycles. The molecule has 7 heteroatoms. The van der Waals surface area contributed by atoms with Gasteiger partial charge in [0.05, 0.1) is 19.8 Å². The zero-order valence-electron chi connectivity index (χ0n) is 16.2. The van der Waals surface area contributed by atoms with Crippen molar-refractivity contribution >= 4 is 29.9 Å². The molecule has 1 saturated heterocycles. The highest BCUT2D eigenvalue weighted by Gasteiger charge is 2.23. The fourth-order valence-electron chi connectivity index (χ4n) is 3.13. The Hall–Kier alpha value is -0.930. The lowest BCUT2D eigenvalue weighted by Gasteiger charge is -2.37. The quantitative estimate of drug-likeness (QED) is 0.388. The van der Waals surface area contributed by atoms with Crippen molar-refractivity contribution in [2.75, 3.05) is 39.9 Å². The lowest BCUT2D eigenvalue weighted by molar-refractivity contribution is -0.0166. The van der Waals surface area contributed by atoms with Crippen molar-refractivity contribution in [1.82, 2.24) is 15.1 Å². The van der Waals surface area contributed by atoms with Gasteiger partial charge in [0.1, 0.15) is 5.82 Å². The van der Waals surface area contributed by atoms with E-state index in [4.69, 9.17) is 9.73 Å². The van der Waals surface area contributed by atoms with Crippen molar-refractivity contribution in [3.8, 4) is 0 Å². The summed E-state index contributed by atoms with van der Waals surface area (Å²) >= 11 is 0.